The minimum Gasteiger partial charge on any atom is -0.337 e. The van der Waals surface area contributed by atoms with E-state index in [0.29, 0.717) is 12.5 Å². The summed E-state index contributed by atoms with van der Waals surface area (Å²) in [6.07, 6.45) is 0.995. The van der Waals surface area contributed by atoms with Gasteiger partial charge in [0.05, 0.1) is 0 Å². The molecular formula is C18H22N2O. The van der Waals surface area contributed by atoms with Gasteiger partial charge in [0.1, 0.15) is 0 Å². The maximum atomic E-state index is 11.9. The van der Waals surface area contributed by atoms with Crippen molar-refractivity contribution >= 4 is 11.7 Å². The third-order valence-electron chi connectivity index (χ3n) is 3.58. The predicted octanol–water partition coefficient (Wildman–Crippen LogP) is 4.31. The van der Waals surface area contributed by atoms with Gasteiger partial charge in [-0.05, 0) is 31.0 Å². The molecule has 0 aliphatic heterocycles. The first-order chi connectivity index (χ1) is 10.2. The van der Waals surface area contributed by atoms with E-state index in [1.165, 1.54) is 11.1 Å². The summed E-state index contributed by atoms with van der Waals surface area (Å²) in [5.74, 6) is 0.343. The van der Waals surface area contributed by atoms with Crippen LogP contribution in [0, 0.1) is 6.92 Å². The second-order valence-corrected chi connectivity index (χ2v) is 5.22. The van der Waals surface area contributed by atoms with Crippen LogP contribution in [0.2, 0.25) is 0 Å². The fourth-order valence-corrected chi connectivity index (χ4v) is 2.25. The highest BCUT2D eigenvalue weighted by molar-refractivity contribution is 5.89. The molecular weight excluding hydrogens is 260 g/mol. The number of rotatable bonds is 5. The summed E-state index contributed by atoms with van der Waals surface area (Å²) in [5.41, 5.74) is 3.25. The van der Waals surface area contributed by atoms with Crippen molar-refractivity contribution in [1.29, 1.82) is 0 Å². The van der Waals surface area contributed by atoms with Crippen LogP contribution in [0.25, 0.3) is 0 Å². The van der Waals surface area contributed by atoms with Gasteiger partial charge in [0, 0.05) is 18.2 Å². The number of benzene rings is 2. The lowest BCUT2D eigenvalue weighted by Crippen LogP contribution is -2.32. The van der Waals surface area contributed by atoms with Crippen LogP contribution in [-0.2, 0) is 0 Å². The van der Waals surface area contributed by atoms with E-state index < -0.39 is 0 Å². The lowest BCUT2D eigenvalue weighted by molar-refractivity contribution is 0.251. The molecule has 0 radical (unpaired) electrons. The Bertz CT molecular complexity index is 564. The van der Waals surface area contributed by atoms with Crippen molar-refractivity contribution < 1.29 is 4.79 Å². The summed E-state index contributed by atoms with van der Waals surface area (Å²) in [6, 6.07) is 17.9. The van der Waals surface area contributed by atoms with Crippen LogP contribution < -0.4 is 10.6 Å². The number of aryl methyl sites for hydroxylation is 1. The quantitative estimate of drug-likeness (QED) is 0.843. The van der Waals surface area contributed by atoms with Gasteiger partial charge in [0.2, 0.25) is 0 Å². The Labute approximate surface area is 126 Å². The normalized spacial score (nSPS) is 11.7. The van der Waals surface area contributed by atoms with Gasteiger partial charge in [0.25, 0.3) is 0 Å². The summed E-state index contributed by atoms with van der Waals surface area (Å²) in [7, 11) is 0. The molecule has 0 unspecified atom stereocenters. The number of hydrogen-bond donors (Lipinski definition) is 2. The number of nitrogens with one attached hydrogen (secondary N) is 2. The van der Waals surface area contributed by atoms with Gasteiger partial charge >= 0.3 is 6.03 Å². The first-order valence-corrected chi connectivity index (χ1v) is 7.35. The Morgan fingerprint density at radius 2 is 1.71 bits per heavy atom. The molecule has 2 aromatic carbocycles. The van der Waals surface area contributed by atoms with E-state index in [4.69, 9.17) is 0 Å². The molecule has 3 heteroatoms. The van der Waals surface area contributed by atoms with Crippen LogP contribution in [-0.4, -0.2) is 12.6 Å². The standard InChI is InChI=1S/C18H22N2O/c1-3-15(16-7-5-4-6-8-16)13-19-18(21)20-17-11-9-14(2)10-12-17/h4-12,15H,3,13H2,1-2H3,(H2,19,20,21)/t15-/m0/s1. The molecule has 0 bridgehead atoms. The lowest BCUT2D eigenvalue weighted by Gasteiger charge is -2.16. The molecule has 3 nitrogen and oxygen atoms in total. The van der Waals surface area contributed by atoms with E-state index in [1.54, 1.807) is 0 Å². The second kappa shape index (κ2) is 7.48. The molecule has 0 saturated heterocycles. The molecule has 0 aliphatic rings. The molecule has 2 amide bonds. The van der Waals surface area contributed by atoms with Crippen molar-refractivity contribution in [3.63, 3.8) is 0 Å². The van der Waals surface area contributed by atoms with Gasteiger partial charge in [-0.2, -0.15) is 0 Å². The maximum absolute atomic E-state index is 11.9. The van der Waals surface area contributed by atoms with E-state index >= 15 is 0 Å². The van der Waals surface area contributed by atoms with Gasteiger partial charge < -0.3 is 10.6 Å². The molecule has 0 heterocycles. The van der Waals surface area contributed by atoms with Crippen molar-refractivity contribution in [2.75, 3.05) is 11.9 Å². The van der Waals surface area contributed by atoms with Crippen molar-refractivity contribution in [2.24, 2.45) is 0 Å². The minimum atomic E-state index is -0.159. The zero-order valence-electron chi connectivity index (χ0n) is 12.6. The summed E-state index contributed by atoms with van der Waals surface area (Å²) in [6.45, 7) is 4.80. The molecule has 1 atom stereocenters. The molecule has 2 rings (SSSR count). The highest BCUT2D eigenvalue weighted by Crippen LogP contribution is 2.18. The van der Waals surface area contributed by atoms with Gasteiger partial charge in [-0.15, -0.1) is 0 Å². The van der Waals surface area contributed by atoms with Crippen LogP contribution in [0.4, 0.5) is 10.5 Å². The zero-order valence-corrected chi connectivity index (χ0v) is 12.6. The van der Waals surface area contributed by atoms with Gasteiger partial charge in [-0.3, -0.25) is 0 Å². The monoisotopic (exact) mass is 282 g/mol. The Balaban J connectivity index is 1.86. The van der Waals surface area contributed by atoms with Crippen molar-refractivity contribution in [3.8, 4) is 0 Å². The Hall–Kier alpha value is -2.29. The first-order valence-electron chi connectivity index (χ1n) is 7.35. The SMILES string of the molecule is CC[C@@H](CNC(=O)Nc1ccc(C)cc1)c1ccccc1. The van der Waals surface area contributed by atoms with Gasteiger partial charge in [-0.25, -0.2) is 4.79 Å². The number of amides is 2. The molecule has 21 heavy (non-hydrogen) atoms. The smallest absolute Gasteiger partial charge is 0.319 e. The lowest BCUT2D eigenvalue weighted by atomic mass is 9.97. The average Bonchev–Trinajstić information content (AvgIpc) is 2.51. The third kappa shape index (κ3) is 4.63. The van der Waals surface area contributed by atoms with E-state index in [9.17, 15) is 4.79 Å². The van der Waals surface area contributed by atoms with E-state index in [-0.39, 0.29) is 6.03 Å². The van der Waals surface area contributed by atoms with Crippen LogP contribution >= 0.6 is 0 Å². The van der Waals surface area contributed by atoms with E-state index in [2.05, 4.69) is 29.7 Å². The van der Waals surface area contributed by atoms with Crippen LogP contribution in [0.5, 0.6) is 0 Å². The topological polar surface area (TPSA) is 41.1 Å². The second-order valence-electron chi connectivity index (χ2n) is 5.22. The Morgan fingerprint density at radius 3 is 2.33 bits per heavy atom. The first kappa shape index (κ1) is 15.1. The highest BCUT2D eigenvalue weighted by Gasteiger charge is 2.10. The highest BCUT2D eigenvalue weighted by atomic mass is 16.2. The number of carbonyl (C=O) groups excluding carboxylic acids is 1. The Morgan fingerprint density at radius 1 is 1.05 bits per heavy atom. The number of hydrogen-bond acceptors (Lipinski definition) is 1. The average molecular weight is 282 g/mol. The van der Waals surface area contributed by atoms with Crippen molar-refractivity contribution in [2.45, 2.75) is 26.2 Å². The van der Waals surface area contributed by atoms with E-state index in [1.807, 2.05) is 49.4 Å². The maximum Gasteiger partial charge on any atom is 0.319 e. The number of carbonyl (C=O) groups is 1. The predicted molar refractivity (Wildman–Crippen MR) is 87.7 cm³/mol. The molecule has 2 N–H and O–H groups in total. The number of urea groups is 1. The van der Waals surface area contributed by atoms with Gasteiger partial charge in [0.15, 0.2) is 0 Å². The van der Waals surface area contributed by atoms with Crippen LogP contribution in [0.1, 0.15) is 30.4 Å². The van der Waals surface area contributed by atoms with Crippen molar-refractivity contribution in [1.82, 2.24) is 5.32 Å². The summed E-state index contributed by atoms with van der Waals surface area (Å²) in [5, 5.41) is 5.80. The molecule has 0 aromatic heterocycles. The van der Waals surface area contributed by atoms with E-state index in [0.717, 1.165) is 12.1 Å². The summed E-state index contributed by atoms with van der Waals surface area (Å²) < 4.78 is 0. The van der Waals surface area contributed by atoms with Crippen molar-refractivity contribution in [3.05, 3.63) is 65.7 Å². The van der Waals surface area contributed by atoms with Gasteiger partial charge in [-0.1, -0.05) is 55.0 Å². The molecule has 0 aliphatic carbocycles. The largest absolute Gasteiger partial charge is 0.337 e. The van der Waals surface area contributed by atoms with Crippen LogP contribution in [0.3, 0.4) is 0 Å². The zero-order chi connectivity index (χ0) is 15.1. The summed E-state index contributed by atoms with van der Waals surface area (Å²) in [4.78, 5) is 11.9. The fourth-order valence-electron chi connectivity index (χ4n) is 2.25. The molecule has 0 spiro atoms. The summed E-state index contributed by atoms with van der Waals surface area (Å²) >= 11 is 0. The fraction of sp³-hybridized carbons (Fsp3) is 0.278. The minimum absolute atomic E-state index is 0.159. The molecule has 2 aromatic rings. The molecule has 0 fully saturated rings. The third-order valence-corrected chi connectivity index (χ3v) is 3.58. The number of anilines is 1. The Kier molecular flexibility index (Phi) is 5.38. The van der Waals surface area contributed by atoms with Crippen LogP contribution in [0.15, 0.2) is 54.6 Å². The molecule has 0 saturated carbocycles. The molecule has 110 valence electrons.